The smallest absolute Gasteiger partial charge is 0.124 e. The molecule has 0 bridgehead atoms. The van der Waals surface area contributed by atoms with Crippen LogP contribution in [0.25, 0.3) is 0 Å². The summed E-state index contributed by atoms with van der Waals surface area (Å²) in [5.74, 6) is 0.924. The van der Waals surface area contributed by atoms with Crippen molar-refractivity contribution in [3.8, 4) is 11.8 Å². The van der Waals surface area contributed by atoms with Gasteiger partial charge in [0.2, 0.25) is 0 Å². The largest absolute Gasteiger partial charge is 0.496 e. The molecule has 0 spiro atoms. The van der Waals surface area contributed by atoms with Crippen LogP contribution in [0, 0.1) is 11.3 Å². The molecule has 2 N–H and O–H groups in total. The van der Waals surface area contributed by atoms with E-state index in [1.807, 2.05) is 6.07 Å². The summed E-state index contributed by atoms with van der Waals surface area (Å²) < 4.78 is 5.09. The molecule has 4 nitrogen and oxygen atoms in total. The van der Waals surface area contributed by atoms with Crippen LogP contribution in [0.3, 0.4) is 0 Å². The predicted octanol–water partition coefficient (Wildman–Crippen LogP) is 1.28. The van der Waals surface area contributed by atoms with E-state index in [-0.39, 0.29) is 0 Å². The Labute approximate surface area is 106 Å². The van der Waals surface area contributed by atoms with E-state index < -0.39 is 12.2 Å². The van der Waals surface area contributed by atoms with E-state index >= 15 is 0 Å². The van der Waals surface area contributed by atoms with Gasteiger partial charge >= 0.3 is 0 Å². The van der Waals surface area contributed by atoms with E-state index in [1.54, 1.807) is 12.1 Å². The van der Waals surface area contributed by atoms with Crippen LogP contribution >= 0.6 is 12.6 Å². The van der Waals surface area contributed by atoms with Crippen molar-refractivity contribution >= 4 is 12.6 Å². The maximum absolute atomic E-state index is 9.98. The summed E-state index contributed by atoms with van der Waals surface area (Å²) in [7, 11) is 1.47. The molecule has 1 aromatic carbocycles. The average Bonchev–Trinajstić information content (AvgIpc) is 2.37. The highest BCUT2D eigenvalue weighted by Gasteiger charge is 2.21. The molecular formula is C12H15NO3S. The van der Waals surface area contributed by atoms with Gasteiger partial charge in [-0.15, -0.1) is 0 Å². The summed E-state index contributed by atoms with van der Waals surface area (Å²) in [4.78, 5) is 0. The highest BCUT2D eigenvalue weighted by Crippen LogP contribution is 2.29. The Balaban J connectivity index is 3.05. The Bertz CT molecular complexity index is 417. The lowest BCUT2D eigenvalue weighted by Gasteiger charge is -2.19. The molecule has 0 amide bonds. The maximum atomic E-state index is 9.98. The molecule has 0 aliphatic carbocycles. The van der Waals surface area contributed by atoms with Gasteiger partial charge in [0.05, 0.1) is 24.8 Å². The van der Waals surface area contributed by atoms with Crippen molar-refractivity contribution < 1.29 is 14.9 Å². The molecule has 2 unspecified atom stereocenters. The fourth-order valence-corrected chi connectivity index (χ4v) is 1.80. The summed E-state index contributed by atoms with van der Waals surface area (Å²) in [6, 6.07) is 6.70. The molecule has 0 radical (unpaired) electrons. The van der Waals surface area contributed by atoms with Crippen LogP contribution < -0.4 is 4.74 Å². The van der Waals surface area contributed by atoms with Gasteiger partial charge in [-0.1, -0.05) is 0 Å². The summed E-state index contributed by atoms with van der Waals surface area (Å²) in [6.07, 6.45) is -1.63. The second kappa shape index (κ2) is 6.50. The molecule has 0 fully saturated rings. The number of ether oxygens (including phenoxy) is 1. The van der Waals surface area contributed by atoms with Gasteiger partial charge in [0, 0.05) is 5.56 Å². The van der Waals surface area contributed by atoms with Gasteiger partial charge in [-0.25, -0.2) is 0 Å². The van der Waals surface area contributed by atoms with Crippen LogP contribution in [0.5, 0.6) is 5.75 Å². The van der Waals surface area contributed by atoms with E-state index in [1.165, 1.54) is 13.2 Å². The van der Waals surface area contributed by atoms with E-state index in [2.05, 4.69) is 12.6 Å². The van der Waals surface area contributed by atoms with Crippen molar-refractivity contribution in [1.82, 2.24) is 0 Å². The van der Waals surface area contributed by atoms with Crippen LogP contribution in [0.4, 0.5) is 0 Å². The molecule has 2 atom stereocenters. The topological polar surface area (TPSA) is 73.5 Å². The first-order valence-electron chi connectivity index (χ1n) is 5.19. The molecule has 0 aliphatic rings. The quantitative estimate of drug-likeness (QED) is 0.691. The molecule has 0 aromatic heterocycles. The number of hydrogen-bond donors (Lipinski definition) is 3. The van der Waals surface area contributed by atoms with Crippen molar-refractivity contribution in [3.05, 3.63) is 29.3 Å². The summed E-state index contributed by atoms with van der Waals surface area (Å²) in [6.45, 7) is 0. The Morgan fingerprint density at radius 2 is 2.18 bits per heavy atom. The molecule has 1 rings (SSSR count). The molecule has 5 heteroatoms. The van der Waals surface area contributed by atoms with Crippen LogP contribution in [0.15, 0.2) is 18.2 Å². The van der Waals surface area contributed by atoms with Gasteiger partial charge < -0.3 is 14.9 Å². The first-order valence-corrected chi connectivity index (χ1v) is 5.82. The Kier molecular flexibility index (Phi) is 5.29. The molecule has 0 saturated carbocycles. The number of nitriles is 1. The first kappa shape index (κ1) is 13.8. The number of aliphatic hydroxyl groups excluding tert-OH is 2. The number of thiol groups is 1. The maximum Gasteiger partial charge on any atom is 0.124 e. The summed E-state index contributed by atoms with van der Waals surface area (Å²) >= 11 is 4.00. The van der Waals surface area contributed by atoms with Gasteiger partial charge in [0.25, 0.3) is 0 Å². The third-order valence-corrected chi connectivity index (χ3v) is 2.72. The lowest BCUT2D eigenvalue weighted by atomic mass is 9.99. The third kappa shape index (κ3) is 3.37. The zero-order chi connectivity index (χ0) is 12.8. The monoisotopic (exact) mass is 253 g/mol. The zero-order valence-electron chi connectivity index (χ0n) is 9.50. The average molecular weight is 253 g/mol. The standard InChI is InChI=1S/C12H15NO3S/c1-16-11-3-2-8(7-13)6-9(11)12(15)10(14)4-5-17/h2-3,6,10,12,14-15,17H,4-5H2,1H3. The van der Waals surface area contributed by atoms with E-state index in [0.29, 0.717) is 29.1 Å². The SMILES string of the molecule is COc1ccc(C#N)cc1C(O)C(O)CCS. The number of hydrogen-bond acceptors (Lipinski definition) is 5. The van der Waals surface area contributed by atoms with Crippen LogP contribution in [0.2, 0.25) is 0 Å². The van der Waals surface area contributed by atoms with Gasteiger partial charge in [0.1, 0.15) is 11.9 Å². The van der Waals surface area contributed by atoms with Crippen LogP contribution in [-0.2, 0) is 0 Å². The molecule has 0 saturated heterocycles. The van der Waals surface area contributed by atoms with Crippen LogP contribution in [-0.4, -0.2) is 29.2 Å². The number of rotatable bonds is 5. The lowest BCUT2D eigenvalue weighted by molar-refractivity contribution is 0.0159. The van der Waals surface area contributed by atoms with Crippen molar-refractivity contribution in [2.75, 3.05) is 12.9 Å². The fourth-order valence-electron chi connectivity index (χ4n) is 1.53. The van der Waals surface area contributed by atoms with Gasteiger partial charge in [-0.3, -0.25) is 0 Å². The number of nitrogens with zero attached hydrogens (tertiary/aromatic N) is 1. The van der Waals surface area contributed by atoms with Crippen LogP contribution in [0.1, 0.15) is 23.7 Å². The highest BCUT2D eigenvalue weighted by molar-refractivity contribution is 7.80. The number of aliphatic hydroxyl groups is 2. The van der Waals surface area contributed by atoms with Crippen molar-refractivity contribution in [3.63, 3.8) is 0 Å². The molecule has 0 heterocycles. The fraction of sp³-hybridized carbons (Fsp3) is 0.417. The molecule has 1 aromatic rings. The highest BCUT2D eigenvalue weighted by atomic mass is 32.1. The van der Waals surface area contributed by atoms with Crippen molar-refractivity contribution in [2.45, 2.75) is 18.6 Å². The minimum Gasteiger partial charge on any atom is -0.496 e. The van der Waals surface area contributed by atoms with E-state index in [4.69, 9.17) is 10.00 Å². The first-order chi connectivity index (χ1) is 8.13. The minimum atomic E-state index is -1.08. The Hall–Kier alpha value is -1.22. The molecular weight excluding hydrogens is 238 g/mol. The van der Waals surface area contributed by atoms with Crippen molar-refractivity contribution in [2.24, 2.45) is 0 Å². The zero-order valence-corrected chi connectivity index (χ0v) is 10.4. The van der Waals surface area contributed by atoms with Gasteiger partial charge in [-0.05, 0) is 30.4 Å². The van der Waals surface area contributed by atoms with Crippen molar-refractivity contribution in [1.29, 1.82) is 5.26 Å². The summed E-state index contributed by atoms with van der Waals surface area (Å²) in [5, 5.41) is 28.5. The molecule has 17 heavy (non-hydrogen) atoms. The third-order valence-electron chi connectivity index (χ3n) is 2.47. The Morgan fingerprint density at radius 1 is 1.47 bits per heavy atom. The summed E-state index contributed by atoms with van der Waals surface area (Å²) in [5.41, 5.74) is 0.832. The number of benzene rings is 1. The minimum absolute atomic E-state index is 0.365. The number of methoxy groups -OCH3 is 1. The molecule has 0 aliphatic heterocycles. The van der Waals surface area contributed by atoms with Gasteiger partial charge in [0.15, 0.2) is 0 Å². The molecule has 92 valence electrons. The van der Waals surface area contributed by atoms with E-state index in [0.717, 1.165) is 0 Å². The van der Waals surface area contributed by atoms with E-state index in [9.17, 15) is 10.2 Å². The Morgan fingerprint density at radius 3 is 2.71 bits per heavy atom. The normalized spacial score (nSPS) is 13.8. The van der Waals surface area contributed by atoms with Gasteiger partial charge in [-0.2, -0.15) is 17.9 Å². The second-order valence-electron chi connectivity index (χ2n) is 3.59. The lowest BCUT2D eigenvalue weighted by Crippen LogP contribution is -2.19. The predicted molar refractivity (Wildman–Crippen MR) is 67.1 cm³/mol. The second-order valence-corrected chi connectivity index (χ2v) is 4.04.